The van der Waals surface area contributed by atoms with E-state index in [1.54, 1.807) is 12.2 Å². The van der Waals surface area contributed by atoms with E-state index in [0.717, 1.165) is 12.0 Å². The summed E-state index contributed by atoms with van der Waals surface area (Å²) in [7, 11) is 0. The van der Waals surface area contributed by atoms with Crippen molar-refractivity contribution in [1.29, 1.82) is 0 Å². The van der Waals surface area contributed by atoms with E-state index < -0.39 is 0 Å². The van der Waals surface area contributed by atoms with Crippen molar-refractivity contribution >= 4 is 0 Å². The van der Waals surface area contributed by atoms with Gasteiger partial charge in [0.25, 0.3) is 0 Å². The zero-order chi connectivity index (χ0) is 9.42. The second-order valence-corrected chi connectivity index (χ2v) is 3.52. The van der Waals surface area contributed by atoms with Gasteiger partial charge in [-0.3, -0.25) is 0 Å². The first-order valence-corrected chi connectivity index (χ1v) is 4.37. The molecule has 0 heterocycles. The summed E-state index contributed by atoms with van der Waals surface area (Å²) in [6, 6.07) is 0. The van der Waals surface area contributed by atoms with Gasteiger partial charge >= 0.3 is 0 Å². The van der Waals surface area contributed by atoms with Gasteiger partial charge in [-0.05, 0) is 31.1 Å². The lowest BCUT2D eigenvalue weighted by Crippen LogP contribution is -2.09. The maximum atomic E-state index is 9.29. The molecule has 0 aromatic rings. The van der Waals surface area contributed by atoms with Crippen LogP contribution >= 0.6 is 0 Å². The van der Waals surface area contributed by atoms with E-state index in [0.29, 0.717) is 0 Å². The largest absolute Gasteiger partial charge is 0.504 e. The third kappa shape index (κ3) is 1.39. The van der Waals surface area contributed by atoms with E-state index in [9.17, 15) is 10.2 Å². The number of rotatable bonds is 0. The highest BCUT2D eigenvalue weighted by molar-refractivity contribution is 5.44. The lowest BCUT2D eigenvalue weighted by atomic mass is 9.85. The first-order chi connectivity index (χ1) is 6.16. The van der Waals surface area contributed by atoms with E-state index >= 15 is 0 Å². The van der Waals surface area contributed by atoms with Crippen molar-refractivity contribution in [3.05, 3.63) is 47.0 Å². The normalized spacial score (nSPS) is 26.7. The van der Waals surface area contributed by atoms with Crippen LogP contribution in [0.1, 0.15) is 13.3 Å². The van der Waals surface area contributed by atoms with Gasteiger partial charge in [0.15, 0.2) is 11.5 Å². The molecule has 2 aliphatic rings. The Morgan fingerprint density at radius 2 is 2.00 bits per heavy atom. The molecule has 2 nitrogen and oxygen atoms in total. The molecule has 1 atom stereocenters. The summed E-state index contributed by atoms with van der Waals surface area (Å²) < 4.78 is 0. The third-order valence-electron chi connectivity index (χ3n) is 2.44. The Morgan fingerprint density at radius 3 is 2.77 bits per heavy atom. The lowest BCUT2D eigenvalue weighted by Gasteiger charge is -2.21. The van der Waals surface area contributed by atoms with Crippen molar-refractivity contribution in [3.63, 3.8) is 0 Å². The Balaban J connectivity index is 2.39. The van der Waals surface area contributed by atoms with E-state index in [1.807, 2.05) is 13.0 Å². The van der Waals surface area contributed by atoms with Crippen molar-refractivity contribution in [2.75, 3.05) is 0 Å². The molecule has 0 radical (unpaired) electrons. The Kier molecular flexibility index (Phi) is 1.76. The number of aliphatic hydroxyl groups is 2. The molecule has 2 heteroatoms. The molecular formula is C11H12O2. The van der Waals surface area contributed by atoms with Gasteiger partial charge in [-0.2, -0.15) is 0 Å². The molecule has 0 bridgehead atoms. The predicted molar refractivity (Wildman–Crippen MR) is 51.4 cm³/mol. The van der Waals surface area contributed by atoms with Gasteiger partial charge in [-0.25, -0.2) is 0 Å². The topological polar surface area (TPSA) is 40.5 Å². The molecular weight excluding hydrogens is 164 g/mol. The quantitative estimate of drug-likeness (QED) is 0.595. The Bertz CT molecular complexity index is 356. The van der Waals surface area contributed by atoms with Crippen LogP contribution in [0.4, 0.5) is 0 Å². The molecule has 0 aromatic carbocycles. The molecule has 0 spiro atoms. The first-order valence-electron chi connectivity index (χ1n) is 4.37. The van der Waals surface area contributed by atoms with E-state index in [1.165, 1.54) is 5.57 Å². The van der Waals surface area contributed by atoms with Gasteiger partial charge in [-0.1, -0.05) is 17.7 Å². The fourth-order valence-electron chi connectivity index (χ4n) is 1.70. The predicted octanol–water partition coefficient (Wildman–Crippen LogP) is 2.78. The third-order valence-corrected chi connectivity index (χ3v) is 2.44. The monoisotopic (exact) mass is 176 g/mol. The number of allylic oxidation sites excluding steroid dienone is 6. The maximum Gasteiger partial charge on any atom is 0.157 e. The van der Waals surface area contributed by atoms with Gasteiger partial charge in [0.2, 0.25) is 0 Å². The summed E-state index contributed by atoms with van der Waals surface area (Å²) in [5.74, 6) is 0.201. The van der Waals surface area contributed by atoms with Crippen LogP contribution < -0.4 is 0 Å². The second kappa shape index (κ2) is 2.80. The molecule has 0 saturated heterocycles. The molecule has 0 aromatic heterocycles. The average Bonchev–Trinajstić information content (AvgIpc) is 2.08. The minimum absolute atomic E-state index is 0.00453. The summed E-state index contributed by atoms with van der Waals surface area (Å²) in [5.41, 5.74) is 2.29. The highest BCUT2D eigenvalue weighted by Crippen LogP contribution is 2.31. The summed E-state index contributed by atoms with van der Waals surface area (Å²) >= 11 is 0. The highest BCUT2D eigenvalue weighted by Gasteiger charge is 2.20. The van der Waals surface area contributed by atoms with Crippen LogP contribution in [0.3, 0.4) is 0 Å². The zero-order valence-corrected chi connectivity index (χ0v) is 7.49. The summed E-state index contributed by atoms with van der Waals surface area (Å²) in [6.45, 7) is 2.03. The first kappa shape index (κ1) is 8.17. The molecule has 1 unspecified atom stereocenters. The van der Waals surface area contributed by atoms with Crippen molar-refractivity contribution in [2.24, 2.45) is 5.92 Å². The average molecular weight is 176 g/mol. The molecule has 0 aliphatic heterocycles. The summed E-state index contributed by atoms with van der Waals surface area (Å²) in [6.07, 6.45) is 8.41. The Hall–Kier alpha value is -1.44. The summed E-state index contributed by atoms with van der Waals surface area (Å²) in [5, 5.41) is 18.6. The minimum atomic E-state index is -0.0304. The molecule has 13 heavy (non-hydrogen) atoms. The van der Waals surface area contributed by atoms with E-state index in [-0.39, 0.29) is 17.4 Å². The van der Waals surface area contributed by atoms with Gasteiger partial charge in [0, 0.05) is 5.92 Å². The molecule has 2 N–H and O–H groups in total. The Morgan fingerprint density at radius 1 is 1.23 bits per heavy atom. The molecule has 0 amide bonds. The number of aliphatic hydroxyl groups excluding tert-OH is 2. The van der Waals surface area contributed by atoms with Crippen LogP contribution in [0.15, 0.2) is 47.0 Å². The number of fused-ring (bicyclic) bond motifs is 1. The highest BCUT2D eigenvalue weighted by atomic mass is 16.3. The Labute approximate surface area is 77.2 Å². The van der Waals surface area contributed by atoms with Gasteiger partial charge in [0.1, 0.15) is 0 Å². The van der Waals surface area contributed by atoms with Crippen LogP contribution in [0.25, 0.3) is 0 Å². The number of hydrogen-bond acceptors (Lipinski definition) is 2. The lowest BCUT2D eigenvalue weighted by molar-refractivity contribution is 0.318. The summed E-state index contributed by atoms with van der Waals surface area (Å²) in [4.78, 5) is 0. The standard InChI is InChI=1S/C11H12O2/c1-7-2-3-8-5-10(12)11(13)6-9(8)4-7/h2,4-6,8,12-13H,3H2,1H3. The smallest absolute Gasteiger partial charge is 0.157 e. The molecule has 0 saturated carbocycles. The van der Waals surface area contributed by atoms with Gasteiger partial charge in [-0.15, -0.1) is 0 Å². The van der Waals surface area contributed by atoms with Gasteiger partial charge in [0.05, 0.1) is 0 Å². The second-order valence-electron chi connectivity index (χ2n) is 3.52. The molecule has 68 valence electrons. The molecule has 2 aliphatic carbocycles. The maximum absolute atomic E-state index is 9.29. The fourth-order valence-corrected chi connectivity index (χ4v) is 1.70. The zero-order valence-electron chi connectivity index (χ0n) is 7.49. The van der Waals surface area contributed by atoms with Crippen molar-refractivity contribution in [2.45, 2.75) is 13.3 Å². The van der Waals surface area contributed by atoms with Crippen molar-refractivity contribution < 1.29 is 10.2 Å². The SMILES string of the molecule is CC1=CCC2C=C(O)C(O)=CC2=C1. The van der Waals surface area contributed by atoms with Crippen LogP contribution in [0, 0.1) is 5.92 Å². The van der Waals surface area contributed by atoms with Crippen LogP contribution in [0.2, 0.25) is 0 Å². The van der Waals surface area contributed by atoms with Crippen LogP contribution in [-0.4, -0.2) is 10.2 Å². The molecule has 2 rings (SSSR count). The number of hydrogen-bond donors (Lipinski definition) is 2. The minimum Gasteiger partial charge on any atom is -0.504 e. The van der Waals surface area contributed by atoms with Gasteiger partial charge < -0.3 is 10.2 Å². The van der Waals surface area contributed by atoms with E-state index in [2.05, 4.69) is 6.08 Å². The van der Waals surface area contributed by atoms with Crippen molar-refractivity contribution in [3.8, 4) is 0 Å². The fraction of sp³-hybridized carbons (Fsp3) is 0.273. The van der Waals surface area contributed by atoms with Crippen LogP contribution in [0.5, 0.6) is 0 Å². The van der Waals surface area contributed by atoms with Crippen LogP contribution in [-0.2, 0) is 0 Å². The van der Waals surface area contributed by atoms with E-state index in [4.69, 9.17) is 0 Å². The molecule has 0 fully saturated rings. The van der Waals surface area contributed by atoms with Crippen molar-refractivity contribution in [1.82, 2.24) is 0 Å².